The van der Waals surface area contributed by atoms with E-state index in [1.807, 2.05) is 25.5 Å². The van der Waals surface area contributed by atoms with Crippen LogP contribution in [0.5, 0.6) is 5.75 Å². The van der Waals surface area contributed by atoms with Crippen LogP contribution in [-0.4, -0.2) is 16.9 Å². The molecule has 18 heavy (non-hydrogen) atoms. The molecule has 0 aliphatic rings. The van der Waals surface area contributed by atoms with Gasteiger partial charge in [-0.25, -0.2) is 0 Å². The standard InChI is InChI=1S/C14H19N3O/c1-10-7-12(5-6-14(10)18-4)11(2)16-13-8-15-17(3)9-13/h5-9,11,16H,1-4H3/t11-/m1/s1. The second-order valence-electron chi connectivity index (χ2n) is 4.50. The molecule has 96 valence electrons. The molecular weight excluding hydrogens is 226 g/mol. The number of rotatable bonds is 4. The van der Waals surface area contributed by atoms with Crippen molar-refractivity contribution in [2.75, 3.05) is 12.4 Å². The van der Waals surface area contributed by atoms with E-state index >= 15 is 0 Å². The van der Waals surface area contributed by atoms with Gasteiger partial charge in [-0.05, 0) is 31.0 Å². The van der Waals surface area contributed by atoms with Crippen LogP contribution in [0.4, 0.5) is 5.69 Å². The average molecular weight is 245 g/mol. The third kappa shape index (κ3) is 2.64. The van der Waals surface area contributed by atoms with E-state index in [0.29, 0.717) is 0 Å². The minimum absolute atomic E-state index is 0.235. The Balaban J connectivity index is 2.13. The highest BCUT2D eigenvalue weighted by atomic mass is 16.5. The van der Waals surface area contributed by atoms with Gasteiger partial charge in [0.05, 0.1) is 19.0 Å². The van der Waals surface area contributed by atoms with Crippen molar-refractivity contribution < 1.29 is 4.74 Å². The molecule has 2 rings (SSSR count). The lowest BCUT2D eigenvalue weighted by Crippen LogP contribution is -2.06. The summed E-state index contributed by atoms with van der Waals surface area (Å²) in [5, 5.41) is 7.56. The first-order chi connectivity index (χ1) is 8.60. The lowest BCUT2D eigenvalue weighted by atomic mass is 10.0. The fourth-order valence-corrected chi connectivity index (χ4v) is 2.00. The molecule has 1 atom stereocenters. The third-order valence-electron chi connectivity index (χ3n) is 3.01. The predicted octanol–water partition coefficient (Wildman–Crippen LogP) is 2.91. The van der Waals surface area contributed by atoms with Gasteiger partial charge in [0.15, 0.2) is 0 Å². The molecule has 1 aromatic carbocycles. The Kier molecular flexibility index (Phi) is 3.55. The number of hydrogen-bond acceptors (Lipinski definition) is 3. The van der Waals surface area contributed by atoms with Crippen molar-refractivity contribution in [2.45, 2.75) is 19.9 Å². The monoisotopic (exact) mass is 245 g/mol. The van der Waals surface area contributed by atoms with Crippen LogP contribution in [0.2, 0.25) is 0 Å². The molecular formula is C14H19N3O. The molecule has 0 unspecified atom stereocenters. The number of nitrogens with zero attached hydrogens (tertiary/aromatic N) is 2. The molecule has 4 heteroatoms. The van der Waals surface area contributed by atoms with E-state index in [2.05, 4.69) is 36.4 Å². The van der Waals surface area contributed by atoms with Gasteiger partial charge in [0.25, 0.3) is 0 Å². The number of benzene rings is 1. The van der Waals surface area contributed by atoms with Gasteiger partial charge >= 0.3 is 0 Å². The fourth-order valence-electron chi connectivity index (χ4n) is 2.00. The summed E-state index contributed by atoms with van der Waals surface area (Å²) >= 11 is 0. The summed E-state index contributed by atoms with van der Waals surface area (Å²) in [5.41, 5.74) is 3.41. The minimum Gasteiger partial charge on any atom is -0.496 e. The molecule has 1 heterocycles. The zero-order valence-electron chi connectivity index (χ0n) is 11.3. The van der Waals surface area contributed by atoms with E-state index in [9.17, 15) is 0 Å². The van der Waals surface area contributed by atoms with Crippen LogP contribution in [0.25, 0.3) is 0 Å². The van der Waals surface area contributed by atoms with Crippen LogP contribution in [0.1, 0.15) is 24.1 Å². The molecule has 0 aliphatic heterocycles. The van der Waals surface area contributed by atoms with Crippen LogP contribution in [0, 0.1) is 6.92 Å². The molecule has 0 fully saturated rings. The molecule has 1 N–H and O–H groups in total. The quantitative estimate of drug-likeness (QED) is 0.900. The number of hydrogen-bond donors (Lipinski definition) is 1. The van der Waals surface area contributed by atoms with Gasteiger partial charge in [-0.1, -0.05) is 12.1 Å². The van der Waals surface area contributed by atoms with Crippen molar-refractivity contribution in [3.63, 3.8) is 0 Å². The van der Waals surface area contributed by atoms with Gasteiger partial charge in [0.1, 0.15) is 5.75 Å². The van der Waals surface area contributed by atoms with Gasteiger partial charge in [-0.15, -0.1) is 0 Å². The van der Waals surface area contributed by atoms with Crippen LogP contribution < -0.4 is 10.1 Å². The number of aromatic nitrogens is 2. The topological polar surface area (TPSA) is 39.1 Å². The lowest BCUT2D eigenvalue weighted by Gasteiger charge is -2.15. The molecule has 1 aromatic heterocycles. The highest BCUT2D eigenvalue weighted by Gasteiger charge is 2.08. The maximum Gasteiger partial charge on any atom is 0.121 e. The van der Waals surface area contributed by atoms with E-state index < -0.39 is 0 Å². The van der Waals surface area contributed by atoms with Gasteiger partial charge in [-0.2, -0.15) is 5.10 Å². The highest BCUT2D eigenvalue weighted by molar-refractivity contribution is 5.44. The summed E-state index contributed by atoms with van der Waals surface area (Å²) < 4.78 is 7.05. The normalized spacial score (nSPS) is 12.2. The second kappa shape index (κ2) is 5.12. The predicted molar refractivity (Wildman–Crippen MR) is 73.0 cm³/mol. The van der Waals surface area contributed by atoms with Crippen molar-refractivity contribution in [3.05, 3.63) is 41.7 Å². The van der Waals surface area contributed by atoms with Crippen LogP contribution >= 0.6 is 0 Å². The first kappa shape index (κ1) is 12.5. The van der Waals surface area contributed by atoms with Gasteiger partial charge < -0.3 is 10.1 Å². The molecule has 0 saturated carbocycles. The number of methoxy groups -OCH3 is 1. The summed E-state index contributed by atoms with van der Waals surface area (Å²) in [7, 11) is 3.60. The van der Waals surface area contributed by atoms with Gasteiger partial charge in [0.2, 0.25) is 0 Å². The molecule has 0 aliphatic carbocycles. The number of nitrogens with one attached hydrogen (secondary N) is 1. The third-order valence-corrected chi connectivity index (χ3v) is 3.01. The largest absolute Gasteiger partial charge is 0.496 e. The fraction of sp³-hybridized carbons (Fsp3) is 0.357. The van der Waals surface area contributed by atoms with Crippen molar-refractivity contribution >= 4 is 5.69 Å². The van der Waals surface area contributed by atoms with E-state index in [1.165, 1.54) is 5.56 Å². The maximum atomic E-state index is 5.27. The summed E-state index contributed by atoms with van der Waals surface area (Å²) in [6, 6.07) is 6.47. The summed E-state index contributed by atoms with van der Waals surface area (Å²) in [6.07, 6.45) is 3.79. The Morgan fingerprint density at radius 1 is 1.39 bits per heavy atom. The molecule has 0 bridgehead atoms. The smallest absolute Gasteiger partial charge is 0.121 e. The summed E-state index contributed by atoms with van der Waals surface area (Å²) in [5.74, 6) is 0.923. The average Bonchev–Trinajstić information content (AvgIpc) is 2.74. The number of ether oxygens (including phenoxy) is 1. The van der Waals surface area contributed by atoms with Crippen molar-refractivity contribution in [2.24, 2.45) is 7.05 Å². The zero-order valence-corrected chi connectivity index (χ0v) is 11.3. The van der Waals surface area contributed by atoms with Crippen LogP contribution in [0.15, 0.2) is 30.6 Å². The number of anilines is 1. The SMILES string of the molecule is COc1ccc([C@@H](C)Nc2cnn(C)c2)cc1C. The van der Waals surface area contributed by atoms with E-state index in [4.69, 9.17) is 4.74 Å². The molecule has 2 aromatic rings. The van der Waals surface area contributed by atoms with Crippen molar-refractivity contribution in [3.8, 4) is 5.75 Å². The number of aryl methyl sites for hydroxylation is 2. The Bertz CT molecular complexity index is 534. The molecule has 4 nitrogen and oxygen atoms in total. The van der Waals surface area contributed by atoms with Crippen LogP contribution in [0.3, 0.4) is 0 Å². The Morgan fingerprint density at radius 3 is 2.72 bits per heavy atom. The Hall–Kier alpha value is -1.97. The maximum absolute atomic E-state index is 5.27. The molecule has 0 amide bonds. The van der Waals surface area contributed by atoms with Crippen molar-refractivity contribution in [1.29, 1.82) is 0 Å². The zero-order chi connectivity index (χ0) is 13.1. The molecule has 0 saturated heterocycles. The van der Waals surface area contributed by atoms with Crippen molar-refractivity contribution in [1.82, 2.24) is 9.78 Å². The van der Waals surface area contributed by atoms with Gasteiger partial charge in [-0.3, -0.25) is 4.68 Å². The first-order valence-electron chi connectivity index (χ1n) is 6.00. The van der Waals surface area contributed by atoms with E-state index in [0.717, 1.165) is 17.0 Å². The lowest BCUT2D eigenvalue weighted by molar-refractivity contribution is 0.411. The summed E-state index contributed by atoms with van der Waals surface area (Å²) in [4.78, 5) is 0. The molecule has 0 radical (unpaired) electrons. The molecule has 0 spiro atoms. The van der Waals surface area contributed by atoms with E-state index in [1.54, 1.807) is 11.8 Å². The highest BCUT2D eigenvalue weighted by Crippen LogP contribution is 2.24. The summed E-state index contributed by atoms with van der Waals surface area (Å²) in [6.45, 7) is 4.19. The minimum atomic E-state index is 0.235. The Morgan fingerprint density at radius 2 is 2.17 bits per heavy atom. The van der Waals surface area contributed by atoms with Crippen LogP contribution in [-0.2, 0) is 7.05 Å². The van der Waals surface area contributed by atoms with Gasteiger partial charge in [0, 0.05) is 19.3 Å². The second-order valence-corrected chi connectivity index (χ2v) is 4.50. The first-order valence-corrected chi connectivity index (χ1v) is 6.00. The Labute approximate surface area is 108 Å². The van der Waals surface area contributed by atoms with E-state index in [-0.39, 0.29) is 6.04 Å².